The minimum atomic E-state index is -0.823. The molecule has 2 N–H and O–H groups in total. The molecular formula is C19H17N5O3. The van der Waals surface area contributed by atoms with Crippen LogP contribution in [0, 0.1) is 11.3 Å². The summed E-state index contributed by atoms with van der Waals surface area (Å²) in [6, 6.07) is 13.8. The van der Waals surface area contributed by atoms with Crippen molar-refractivity contribution < 1.29 is 14.0 Å². The normalized spacial score (nSPS) is 11.4. The Hall–Kier alpha value is -3.86. The lowest BCUT2D eigenvalue weighted by Crippen LogP contribution is -2.32. The van der Waals surface area contributed by atoms with Gasteiger partial charge >= 0.3 is 0 Å². The van der Waals surface area contributed by atoms with E-state index in [2.05, 4.69) is 15.7 Å². The van der Waals surface area contributed by atoms with E-state index >= 15 is 0 Å². The molecule has 0 aliphatic rings. The van der Waals surface area contributed by atoms with E-state index in [-0.39, 0.29) is 24.6 Å². The quantitative estimate of drug-likeness (QED) is 0.666. The Morgan fingerprint density at radius 2 is 2.04 bits per heavy atom. The maximum atomic E-state index is 12.1. The van der Waals surface area contributed by atoms with Crippen molar-refractivity contribution in [1.29, 1.82) is 5.26 Å². The zero-order chi connectivity index (χ0) is 19.1. The second-order valence-corrected chi connectivity index (χ2v) is 5.67. The third-order valence-electron chi connectivity index (χ3n) is 3.77. The molecule has 136 valence electrons. The molecule has 0 bridgehead atoms. The molecule has 1 atom stereocenters. The van der Waals surface area contributed by atoms with Crippen LogP contribution in [-0.2, 0) is 4.79 Å². The van der Waals surface area contributed by atoms with Crippen LogP contribution in [0.4, 0.5) is 0 Å². The average molecular weight is 363 g/mol. The summed E-state index contributed by atoms with van der Waals surface area (Å²) in [5, 5.41) is 18.8. The number of para-hydroxylation sites is 1. The molecule has 3 rings (SSSR count). The Labute approximate surface area is 155 Å². The molecule has 2 amide bonds. The van der Waals surface area contributed by atoms with Crippen molar-refractivity contribution in [2.45, 2.75) is 12.5 Å². The van der Waals surface area contributed by atoms with Crippen molar-refractivity contribution >= 4 is 11.8 Å². The fourth-order valence-electron chi connectivity index (χ4n) is 2.42. The number of carbonyl (C=O) groups is 2. The molecule has 2 heterocycles. The second-order valence-electron chi connectivity index (χ2n) is 5.67. The Bertz CT molecular complexity index is 941. The van der Waals surface area contributed by atoms with Crippen molar-refractivity contribution in [3.63, 3.8) is 0 Å². The summed E-state index contributed by atoms with van der Waals surface area (Å²) in [6.45, 7) is 0.132. The van der Waals surface area contributed by atoms with E-state index in [1.807, 2.05) is 36.4 Å². The summed E-state index contributed by atoms with van der Waals surface area (Å²) in [6.07, 6.45) is 4.67. The Morgan fingerprint density at radius 1 is 1.22 bits per heavy atom. The van der Waals surface area contributed by atoms with E-state index < -0.39 is 11.9 Å². The number of nitrogens with one attached hydrogen (secondary N) is 2. The van der Waals surface area contributed by atoms with Gasteiger partial charge in [0.2, 0.25) is 5.91 Å². The fourth-order valence-corrected chi connectivity index (χ4v) is 2.42. The smallest absolute Gasteiger partial charge is 0.286 e. The van der Waals surface area contributed by atoms with Crippen LogP contribution in [0.25, 0.3) is 5.69 Å². The topological polar surface area (TPSA) is 113 Å². The highest BCUT2D eigenvalue weighted by Gasteiger charge is 2.16. The van der Waals surface area contributed by atoms with Crippen LogP contribution in [0.15, 0.2) is 65.5 Å². The molecule has 0 aliphatic carbocycles. The van der Waals surface area contributed by atoms with Crippen LogP contribution < -0.4 is 10.6 Å². The van der Waals surface area contributed by atoms with E-state index in [0.717, 1.165) is 5.69 Å². The molecule has 2 aromatic heterocycles. The first kappa shape index (κ1) is 17.9. The van der Waals surface area contributed by atoms with Crippen LogP contribution in [-0.4, -0.2) is 28.1 Å². The Balaban J connectivity index is 1.52. The predicted molar refractivity (Wildman–Crippen MR) is 95.7 cm³/mol. The first-order chi connectivity index (χ1) is 13.2. The minimum absolute atomic E-state index is 0.0391. The average Bonchev–Trinajstić information content (AvgIpc) is 3.39. The van der Waals surface area contributed by atoms with Gasteiger partial charge in [0.15, 0.2) is 5.76 Å². The van der Waals surface area contributed by atoms with Crippen molar-refractivity contribution in [2.75, 3.05) is 6.54 Å². The van der Waals surface area contributed by atoms with Crippen LogP contribution in [0.5, 0.6) is 0 Å². The molecule has 0 saturated heterocycles. The summed E-state index contributed by atoms with van der Waals surface area (Å²) in [4.78, 5) is 23.8. The van der Waals surface area contributed by atoms with Gasteiger partial charge in [0.1, 0.15) is 6.04 Å². The standard InChI is InChI=1S/C19H17N5O3/c20-11-16(14-12-22-24(13-14)15-5-2-1-3-6-15)23-18(25)8-9-21-19(26)17-7-4-10-27-17/h1-7,10,12-13,16H,8-9H2,(H,21,26)(H,23,25). The van der Waals surface area contributed by atoms with Crippen molar-refractivity contribution in [3.05, 3.63) is 72.4 Å². The molecule has 0 saturated carbocycles. The number of carbonyl (C=O) groups excluding carboxylic acids is 2. The number of aromatic nitrogens is 2. The van der Waals surface area contributed by atoms with Gasteiger partial charge in [-0.3, -0.25) is 9.59 Å². The zero-order valence-corrected chi connectivity index (χ0v) is 14.3. The van der Waals surface area contributed by atoms with Gasteiger partial charge < -0.3 is 15.1 Å². The van der Waals surface area contributed by atoms with Gasteiger partial charge in [0.05, 0.1) is 24.2 Å². The molecule has 1 aromatic carbocycles. The van der Waals surface area contributed by atoms with Gasteiger partial charge in [-0.15, -0.1) is 0 Å². The van der Waals surface area contributed by atoms with Crippen molar-refractivity contribution in [3.8, 4) is 11.8 Å². The summed E-state index contributed by atoms with van der Waals surface area (Å²) < 4.78 is 6.60. The number of furan rings is 1. The number of rotatable bonds is 7. The third kappa shape index (κ3) is 4.61. The number of benzene rings is 1. The highest BCUT2D eigenvalue weighted by molar-refractivity contribution is 5.91. The van der Waals surface area contributed by atoms with Crippen LogP contribution in [0.1, 0.15) is 28.6 Å². The van der Waals surface area contributed by atoms with Crippen molar-refractivity contribution in [2.24, 2.45) is 0 Å². The molecule has 3 aromatic rings. The lowest BCUT2D eigenvalue weighted by Gasteiger charge is -2.10. The van der Waals surface area contributed by atoms with Crippen LogP contribution in [0.3, 0.4) is 0 Å². The molecule has 1 unspecified atom stereocenters. The number of nitriles is 1. The van der Waals surface area contributed by atoms with E-state index in [9.17, 15) is 14.9 Å². The van der Waals surface area contributed by atoms with E-state index in [1.165, 1.54) is 12.3 Å². The summed E-state index contributed by atoms with van der Waals surface area (Å²) in [5.41, 5.74) is 1.43. The molecule has 8 heteroatoms. The van der Waals surface area contributed by atoms with E-state index in [4.69, 9.17) is 4.42 Å². The molecule has 0 radical (unpaired) electrons. The molecule has 0 aliphatic heterocycles. The fraction of sp³-hybridized carbons (Fsp3) is 0.158. The van der Waals surface area contributed by atoms with Crippen LogP contribution in [0.2, 0.25) is 0 Å². The predicted octanol–water partition coefficient (Wildman–Crippen LogP) is 1.97. The second kappa shape index (κ2) is 8.49. The lowest BCUT2D eigenvalue weighted by molar-refractivity contribution is -0.121. The number of nitrogens with zero attached hydrogens (tertiary/aromatic N) is 3. The molecule has 27 heavy (non-hydrogen) atoms. The van der Waals surface area contributed by atoms with Crippen molar-refractivity contribution in [1.82, 2.24) is 20.4 Å². The number of hydrogen-bond acceptors (Lipinski definition) is 5. The van der Waals surface area contributed by atoms with Gasteiger partial charge in [-0.2, -0.15) is 10.4 Å². The molecule has 0 spiro atoms. The highest BCUT2D eigenvalue weighted by atomic mass is 16.3. The zero-order valence-electron chi connectivity index (χ0n) is 14.3. The van der Waals surface area contributed by atoms with Gasteiger partial charge in [-0.25, -0.2) is 4.68 Å². The Kier molecular flexibility index (Phi) is 5.64. The number of amides is 2. The summed E-state index contributed by atoms with van der Waals surface area (Å²) >= 11 is 0. The van der Waals surface area contributed by atoms with Crippen LogP contribution >= 0.6 is 0 Å². The summed E-state index contributed by atoms with van der Waals surface area (Å²) in [5.74, 6) is -0.568. The highest BCUT2D eigenvalue weighted by Crippen LogP contribution is 2.14. The van der Waals surface area contributed by atoms with Gasteiger partial charge in [0.25, 0.3) is 5.91 Å². The van der Waals surface area contributed by atoms with Gasteiger partial charge in [0, 0.05) is 24.7 Å². The maximum absolute atomic E-state index is 12.1. The largest absolute Gasteiger partial charge is 0.459 e. The molecule has 8 nitrogen and oxygen atoms in total. The SMILES string of the molecule is N#CC(NC(=O)CCNC(=O)c1ccco1)c1cnn(-c2ccccc2)c1. The summed E-state index contributed by atoms with van der Waals surface area (Å²) in [7, 11) is 0. The first-order valence-electron chi connectivity index (χ1n) is 8.28. The maximum Gasteiger partial charge on any atom is 0.286 e. The van der Waals surface area contributed by atoms with E-state index in [0.29, 0.717) is 5.56 Å². The minimum Gasteiger partial charge on any atom is -0.459 e. The van der Waals surface area contributed by atoms with Gasteiger partial charge in [-0.1, -0.05) is 18.2 Å². The first-order valence-corrected chi connectivity index (χ1v) is 8.28. The molecule has 0 fully saturated rings. The van der Waals surface area contributed by atoms with E-state index in [1.54, 1.807) is 23.1 Å². The number of hydrogen-bond donors (Lipinski definition) is 2. The van der Waals surface area contributed by atoms with Gasteiger partial charge in [-0.05, 0) is 24.3 Å². The monoisotopic (exact) mass is 363 g/mol. The lowest BCUT2D eigenvalue weighted by atomic mass is 10.2. The third-order valence-corrected chi connectivity index (χ3v) is 3.77. The molecular weight excluding hydrogens is 346 g/mol. The Morgan fingerprint density at radius 3 is 2.74 bits per heavy atom.